The third kappa shape index (κ3) is 2.52. The zero-order valence-corrected chi connectivity index (χ0v) is 11.2. The zero-order valence-electron chi connectivity index (χ0n) is 11.2. The molecular weight excluding hydrogens is 224 g/mol. The normalized spacial score (nSPS) is 20.2. The highest BCUT2D eigenvalue weighted by molar-refractivity contribution is 5.58. The fourth-order valence-electron chi connectivity index (χ4n) is 2.92. The quantitative estimate of drug-likeness (QED) is 0.807. The van der Waals surface area contributed by atoms with Crippen LogP contribution in [0, 0.1) is 6.92 Å². The first-order chi connectivity index (χ1) is 8.83. The molecule has 0 N–H and O–H groups in total. The molecule has 2 heterocycles. The number of ether oxygens (including phenoxy) is 1. The molecule has 1 saturated heterocycles. The lowest BCUT2D eigenvalue weighted by atomic mass is 10.1. The van der Waals surface area contributed by atoms with Gasteiger partial charge in [0.25, 0.3) is 0 Å². The molecule has 0 atom stereocenters. The number of rotatable bonds is 3. The van der Waals surface area contributed by atoms with Gasteiger partial charge in [-0.05, 0) is 25.0 Å². The van der Waals surface area contributed by atoms with E-state index >= 15 is 0 Å². The summed E-state index contributed by atoms with van der Waals surface area (Å²) in [6.45, 7) is 9.65. The number of hydrogen-bond donors (Lipinski definition) is 0. The Balaban J connectivity index is 1.59. The number of aryl methyl sites for hydroxylation is 1. The second-order valence-electron chi connectivity index (χ2n) is 5.32. The van der Waals surface area contributed by atoms with E-state index in [-0.39, 0.29) is 0 Å². The molecule has 18 heavy (non-hydrogen) atoms. The fourth-order valence-corrected chi connectivity index (χ4v) is 2.92. The van der Waals surface area contributed by atoms with Crippen LogP contribution < -0.4 is 4.90 Å². The fraction of sp³-hybridized carbons (Fsp3) is 0.600. The number of benzene rings is 1. The van der Waals surface area contributed by atoms with Crippen molar-refractivity contribution >= 4 is 5.69 Å². The van der Waals surface area contributed by atoms with Crippen molar-refractivity contribution in [3.8, 4) is 0 Å². The van der Waals surface area contributed by atoms with E-state index in [4.69, 9.17) is 4.74 Å². The first-order valence-corrected chi connectivity index (χ1v) is 6.97. The maximum absolute atomic E-state index is 5.39. The molecule has 0 spiro atoms. The van der Waals surface area contributed by atoms with Crippen molar-refractivity contribution in [3.63, 3.8) is 0 Å². The van der Waals surface area contributed by atoms with E-state index in [1.165, 1.54) is 29.8 Å². The summed E-state index contributed by atoms with van der Waals surface area (Å²) in [5, 5.41) is 0. The molecule has 1 aromatic carbocycles. The first-order valence-electron chi connectivity index (χ1n) is 6.97. The molecule has 1 aromatic rings. The van der Waals surface area contributed by atoms with E-state index in [0.29, 0.717) is 0 Å². The summed E-state index contributed by atoms with van der Waals surface area (Å²) < 4.78 is 5.39. The van der Waals surface area contributed by atoms with Crippen LogP contribution in [-0.4, -0.2) is 50.8 Å². The Morgan fingerprint density at radius 1 is 1.11 bits per heavy atom. The number of fused-ring (bicyclic) bond motifs is 1. The van der Waals surface area contributed by atoms with Gasteiger partial charge in [-0.1, -0.05) is 17.7 Å². The average Bonchev–Trinajstić information content (AvgIpc) is 2.80. The van der Waals surface area contributed by atoms with Crippen LogP contribution in [0.3, 0.4) is 0 Å². The molecule has 3 rings (SSSR count). The van der Waals surface area contributed by atoms with Crippen LogP contribution >= 0.6 is 0 Å². The third-order valence-corrected chi connectivity index (χ3v) is 4.02. The van der Waals surface area contributed by atoms with Gasteiger partial charge in [-0.3, -0.25) is 4.90 Å². The van der Waals surface area contributed by atoms with E-state index in [0.717, 1.165) is 39.4 Å². The molecular formula is C15H22N2O. The molecule has 98 valence electrons. The summed E-state index contributed by atoms with van der Waals surface area (Å²) in [5.41, 5.74) is 4.36. The predicted octanol–water partition coefficient (Wildman–Crippen LogP) is 1.69. The molecule has 0 radical (unpaired) electrons. The largest absolute Gasteiger partial charge is 0.379 e. The SMILES string of the molecule is Cc1ccc2c(c1)CCN2CCN1CCOCC1. The van der Waals surface area contributed by atoms with Crippen molar-refractivity contribution in [2.24, 2.45) is 0 Å². The summed E-state index contributed by atoms with van der Waals surface area (Å²) in [6.07, 6.45) is 1.21. The molecule has 0 amide bonds. The van der Waals surface area contributed by atoms with Gasteiger partial charge in [0, 0.05) is 38.4 Å². The van der Waals surface area contributed by atoms with Gasteiger partial charge in [0.05, 0.1) is 13.2 Å². The second kappa shape index (κ2) is 5.29. The van der Waals surface area contributed by atoms with Crippen LogP contribution in [0.2, 0.25) is 0 Å². The predicted molar refractivity (Wildman–Crippen MR) is 74.4 cm³/mol. The lowest BCUT2D eigenvalue weighted by molar-refractivity contribution is 0.0392. The Morgan fingerprint density at radius 3 is 2.78 bits per heavy atom. The summed E-state index contributed by atoms with van der Waals surface area (Å²) in [6, 6.07) is 6.85. The average molecular weight is 246 g/mol. The highest BCUT2D eigenvalue weighted by Crippen LogP contribution is 2.28. The van der Waals surface area contributed by atoms with Crippen LogP contribution in [0.4, 0.5) is 5.69 Å². The van der Waals surface area contributed by atoms with Crippen molar-refractivity contribution < 1.29 is 4.74 Å². The third-order valence-electron chi connectivity index (χ3n) is 4.02. The van der Waals surface area contributed by atoms with Gasteiger partial charge in [-0.2, -0.15) is 0 Å². The number of morpholine rings is 1. The Labute approximate surface area is 109 Å². The smallest absolute Gasteiger partial charge is 0.0594 e. The van der Waals surface area contributed by atoms with Crippen molar-refractivity contribution in [1.82, 2.24) is 4.90 Å². The molecule has 2 aliphatic rings. The van der Waals surface area contributed by atoms with Gasteiger partial charge in [0.1, 0.15) is 0 Å². The van der Waals surface area contributed by atoms with Crippen LogP contribution in [0.1, 0.15) is 11.1 Å². The van der Waals surface area contributed by atoms with Gasteiger partial charge in [0.2, 0.25) is 0 Å². The van der Waals surface area contributed by atoms with E-state index in [1.807, 2.05) is 0 Å². The maximum atomic E-state index is 5.39. The van der Waals surface area contributed by atoms with E-state index in [9.17, 15) is 0 Å². The van der Waals surface area contributed by atoms with Crippen LogP contribution in [0.15, 0.2) is 18.2 Å². The molecule has 1 fully saturated rings. The van der Waals surface area contributed by atoms with Crippen LogP contribution in [0.5, 0.6) is 0 Å². The summed E-state index contributed by atoms with van der Waals surface area (Å²) >= 11 is 0. The zero-order chi connectivity index (χ0) is 12.4. The van der Waals surface area contributed by atoms with Crippen LogP contribution in [-0.2, 0) is 11.2 Å². The summed E-state index contributed by atoms with van der Waals surface area (Å²) in [5.74, 6) is 0. The summed E-state index contributed by atoms with van der Waals surface area (Å²) in [4.78, 5) is 5.04. The minimum absolute atomic E-state index is 0.899. The molecule has 2 aliphatic heterocycles. The highest BCUT2D eigenvalue weighted by Gasteiger charge is 2.19. The molecule has 0 aliphatic carbocycles. The standard InChI is InChI=1S/C15H22N2O/c1-13-2-3-15-14(12-13)4-5-17(15)7-6-16-8-10-18-11-9-16/h2-3,12H,4-11H2,1H3. The number of hydrogen-bond acceptors (Lipinski definition) is 3. The van der Waals surface area contributed by atoms with Gasteiger partial charge >= 0.3 is 0 Å². The van der Waals surface area contributed by atoms with Crippen molar-refractivity contribution in [1.29, 1.82) is 0 Å². The Hall–Kier alpha value is -1.06. The van der Waals surface area contributed by atoms with Crippen molar-refractivity contribution in [3.05, 3.63) is 29.3 Å². The van der Waals surface area contributed by atoms with Gasteiger partial charge in [-0.25, -0.2) is 0 Å². The Morgan fingerprint density at radius 2 is 1.94 bits per heavy atom. The van der Waals surface area contributed by atoms with Gasteiger partial charge < -0.3 is 9.64 Å². The lowest BCUT2D eigenvalue weighted by Gasteiger charge is -2.29. The second-order valence-corrected chi connectivity index (χ2v) is 5.32. The van der Waals surface area contributed by atoms with Crippen LogP contribution in [0.25, 0.3) is 0 Å². The Bertz CT molecular complexity index is 413. The van der Waals surface area contributed by atoms with E-state index in [1.54, 1.807) is 0 Å². The Kier molecular flexibility index (Phi) is 3.52. The minimum atomic E-state index is 0.899. The van der Waals surface area contributed by atoms with Gasteiger partial charge in [0.15, 0.2) is 0 Å². The molecule has 0 unspecified atom stereocenters. The summed E-state index contributed by atoms with van der Waals surface area (Å²) in [7, 11) is 0. The molecule has 0 saturated carbocycles. The monoisotopic (exact) mass is 246 g/mol. The highest BCUT2D eigenvalue weighted by atomic mass is 16.5. The molecule has 0 bridgehead atoms. The van der Waals surface area contributed by atoms with Gasteiger partial charge in [-0.15, -0.1) is 0 Å². The lowest BCUT2D eigenvalue weighted by Crippen LogP contribution is -2.41. The van der Waals surface area contributed by atoms with Crippen molar-refractivity contribution in [2.75, 3.05) is 50.8 Å². The first kappa shape index (κ1) is 12.0. The van der Waals surface area contributed by atoms with Crippen molar-refractivity contribution in [2.45, 2.75) is 13.3 Å². The van der Waals surface area contributed by atoms with E-state index in [2.05, 4.69) is 34.9 Å². The molecule has 3 nitrogen and oxygen atoms in total. The molecule has 0 aromatic heterocycles. The molecule has 3 heteroatoms. The maximum Gasteiger partial charge on any atom is 0.0594 e. The topological polar surface area (TPSA) is 15.7 Å². The number of anilines is 1. The van der Waals surface area contributed by atoms with E-state index < -0.39 is 0 Å². The minimum Gasteiger partial charge on any atom is -0.379 e. The number of nitrogens with zero attached hydrogens (tertiary/aromatic N) is 2.